The van der Waals surface area contributed by atoms with E-state index in [1.807, 2.05) is 89.9 Å². The van der Waals surface area contributed by atoms with Crippen LogP contribution in [0.2, 0.25) is 0 Å². The van der Waals surface area contributed by atoms with Crippen LogP contribution in [0, 0.1) is 0 Å². The lowest BCUT2D eigenvalue weighted by molar-refractivity contribution is 0.102. The highest BCUT2D eigenvalue weighted by Gasteiger charge is 2.07. The minimum absolute atomic E-state index is 0.163. The zero-order valence-corrected chi connectivity index (χ0v) is 17.0. The van der Waals surface area contributed by atoms with Crippen molar-refractivity contribution < 1.29 is 4.79 Å². The Balaban J connectivity index is 1.23. The van der Waals surface area contributed by atoms with Gasteiger partial charge in [0.2, 0.25) is 0 Å². The average molecular weight is 421 g/mol. The van der Waals surface area contributed by atoms with E-state index in [2.05, 4.69) is 25.7 Å². The number of amides is 1. The summed E-state index contributed by atoms with van der Waals surface area (Å²) < 4.78 is 3.65. The lowest BCUT2D eigenvalue weighted by atomic mass is 10.2. The lowest BCUT2D eigenvalue weighted by Crippen LogP contribution is -2.11. The highest BCUT2D eigenvalue weighted by molar-refractivity contribution is 6.04. The van der Waals surface area contributed by atoms with Crippen LogP contribution in [0.5, 0.6) is 0 Å². The summed E-state index contributed by atoms with van der Waals surface area (Å²) in [6.45, 7) is 0. The van der Waals surface area contributed by atoms with E-state index in [1.54, 1.807) is 16.9 Å². The quantitative estimate of drug-likeness (QED) is 0.423. The van der Waals surface area contributed by atoms with Gasteiger partial charge in [0.05, 0.1) is 0 Å². The fourth-order valence-electron chi connectivity index (χ4n) is 3.22. The molecule has 0 saturated heterocycles. The van der Waals surface area contributed by atoms with E-state index in [9.17, 15) is 4.79 Å². The van der Waals surface area contributed by atoms with Gasteiger partial charge in [-0.15, -0.1) is 0 Å². The van der Waals surface area contributed by atoms with Gasteiger partial charge in [-0.2, -0.15) is 5.10 Å². The first kappa shape index (κ1) is 19.3. The zero-order chi connectivity index (χ0) is 21.8. The van der Waals surface area contributed by atoms with Crippen LogP contribution in [0.15, 0.2) is 104 Å². The number of carbonyl (C=O) groups excluding carboxylic acids is 1. The minimum atomic E-state index is -0.163. The van der Waals surface area contributed by atoms with E-state index in [4.69, 9.17) is 0 Å². The number of anilines is 3. The summed E-state index contributed by atoms with van der Waals surface area (Å²) in [6.07, 6.45) is 8.92. The second kappa shape index (κ2) is 8.57. The predicted octanol–water partition coefficient (Wildman–Crippen LogP) is 4.45. The molecule has 1 amide bonds. The van der Waals surface area contributed by atoms with Crippen molar-refractivity contribution in [3.8, 4) is 11.5 Å². The molecule has 156 valence electrons. The monoisotopic (exact) mass is 421 g/mol. The van der Waals surface area contributed by atoms with E-state index >= 15 is 0 Å². The van der Waals surface area contributed by atoms with Gasteiger partial charge in [-0.1, -0.05) is 0 Å². The molecule has 0 radical (unpaired) electrons. The third kappa shape index (κ3) is 4.24. The summed E-state index contributed by atoms with van der Waals surface area (Å²) >= 11 is 0. The van der Waals surface area contributed by atoms with Crippen LogP contribution in [-0.4, -0.2) is 30.2 Å². The molecular weight excluding hydrogens is 402 g/mol. The maximum Gasteiger partial charge on any atom is 0.255 e. The topological polar surface area (TPSA) is 89.7 Å². The molecule has 0 spiro atoms. The van der Waals surface area contributed by atoms with Gasteiger partial charge in [-0.25, -0.2) is 14.6 Å². The molecule has 0 unspecified atom stereocenters. The molecule has 0 atom stereocenters. The molecule has 3 aromatic heterocycles. The first-order valence-corrected chi connectivity index (χ1v) is 9.98. The van der Waals surface area contributed by atoms with Crippen LogP contribution in [0.4, 0.5) is 17.2 Å². The molecule has 0 aliphatic carbocycles. The van der Waals surface area contributed by atoms with Crippen molar-refractivity contribution in [1.82, 2.24) is 24.3 Å². The molecule has 0 bridgehead atoms. The summed E-state index contributed by atoms with van der Waals surface area (Å²) in [4.78, 5) is 21.0. The van der Waals surface area contributed by atoms with E-state index in [-0.39, 0.29) is 5.91 Å². The first-order valence-electron chi connectivity index (χ1n) is 9.98. The van der Waals surface area contributed by atoms with Crippen molar-refractivity contribution in [2.75, 3.05) is 10.6 Å². The van der Waals surface area contributed by atoms with Crippen molar-refractivity contribution in [2.45, 2.75) is 0 Å². The molecule has 8 heteroatoms. The molecule has 2 aromatic carbocycles. The van der Waals surface area contributed by atoms with Gasteiger partial charge in [0.1, 0.15) is 12.1 Å². The predicted molar refractivity (Wildman–Crippen MR) is 123 cm³/mol. The Morgan fingerprint density at radius 1 is 0.812 bits per heavy atom. The summed E-state index contributed by atoms with van der Waals surface area (Å²) in [5.41, 5.74) is 3.14. The van der Waals surface area contributed by atoms with Gasteiger partial charge in [-0.3, -0.25) is 4.79 Å². The van der Waals surface area contributed by atoms with Crippen LogP contribution < -0.4 is 10.6 Å². The van der Waals surface area contributed by atoms with Gasteiger partial charge in [0.25, 0.3) is 5.91 Å². The van der Waals surface area contributed by atoms with Gasteiger partial charge < -0.3 is 15.2 Å². The van der Waals surface area contributed by atoms with Crippen LogP contribution in [0.1, 0.15) is 10.4 Å². The SMILES string of the molecule is O=C(Nc1ccc(Nc2cc(-n3cccn3)ncn2)cc1)c1ccc(-n2cccc2)cc1. The largest absolute Gasteiger partial charge is 0.340 e. The Labute approximate surface area is 184 Å². The summed E-state index contributed by atoms with van der Waals surface area (Å²) in [5.74, 6) is 1.15. The molecule has 0 saturated carbocycles. The number of hydrogen-bond donors (Lipinski definition) is 2. The average Bonchev–Trinajstić information content (AvgIpc) is 3.55. The van der Waals surface area contributed by atoms with Crippen molar-refractivity contribution >= 4 is 23.1 Å². The van der Waals surface area contributed by atoms with E-state index in [1.165, 1.54) is 6.33 Å². The van der Waals surface area contributed by atoms with Crippen LogP contribution in [-0.2, 0) is 0 Å². The molecule has 5 rings (SSSR count). The number of nitrogens with one attached hydrogen (secondary N) is 2. The van der Waals surface area contributed by atoms with E-state index < -0.39 is 0 Å². The molecule has 2 N–H and O–H groups in total. The minimum Gasteiger partial charge on any atom is -0.340 e. The summed E-state index contributed by atoms with van der Waals surface area (Å²) in [6, 6.07) is 22.4. The molecule has 0 aliphatic rings. The highest BCUT2D eigenvalue weighted by atomic mass is 16.1. The Bertz CT molecular complexity index is 1310. The number of nitrogens with zero attached hydrogens (tertiary/aromatic N) is 5. The Morgan fingerprint density at radius 3 is 2.28 bits per heavy atom. The molecule has 8 nitrogen and oxygen atoms in total. The molecular formula is C24H19N7O. The van der Waals surface area contributed by atoms with Crippen molar-refractivity contribution in [2.24, 2.45) is 0 Å². The molecule has 0 aliphatic heterocycles. The van der Waals surface area contributed by atoms with Gasteiger partial charge >= 0.3 is 0 Å². The van der Waals surface area contributed by atoms with Crippen molar-refractivity contribution in [1.29, 1.82) is 0 Å². The smallest absolute Gasteiger partial charge is 0.255 e. The Hall–Kier alpha value is -4.72. The molecule has 32 heavy (non-hydrogen) atoms. The first-order chi connectivity index (χ1) is 15.7. The van der Waals surface area contributed by atoms with Gasteiger partial charge in [0, 0.05) is 53.5 Å². The number of carbonyl (C=O) groups is 1. The fourth-order valence-corrected chi connectivity index (χ4v) is 3.22. The van der Waals surface area contributed by atoms with Crippen LogP contribution >= 0.6 is 0 Å². The second-order valence-electron chi connectivity index (χ2n) is 7.01. The number of aromatic nitrogens is 5. The van der Waals surface area contributed by atoms with Crippen LogP contribution in [0.25, 0.3) is 11.5 Å². The Kier molecular flexibility index (Phi) is 5.15. The van der Waals surface area contributed by atoms with Gasteiger partial charge in [0.15, 0.2) is 5.82 Å². The van der Waals surface area contributed by atoms with E-state index in [0.29, 0.717) is 22.9 Å². The van der Waals surface area contributed by atoms with Crippen molar-refractivity contribution in [3.05, 3.63) is 109 Å². The number of hydrogen-bond acceptors (Lipinski definition) is 5. The highest BCUT2D eigenvalue weighted by Crippen LogP contribution is 2.19. The fraction of sp³-hybridized carbons (Fsp3) is 0. The lowest BCUT2D eigenvalue weighted by Gasteiger charge is -2.09. The number of benzene rings is 2. The maximum atomic E-state index is 12.6. The standard InChI is InChI=1S/C24H19N7O/c32-24(18-4-10-21(11-5-18)30-13-1-2-14-30)29-20-8-6-19(7-9-20)28-22-16-23(26-17-25-22)31-15-3-12-27-31/h1-17H,(H,29,32)(H,25,26,28). The summed E-state index contributed by atoms with van der Waals surface area (Å²) in [7, 11) is 0. The molecule has 0 fully saturated rings. The number of rotatable bonds is 6. The maximum absolute atomic E-state index is 12.6. The van der Waals surface area contributed by atoms with Crippen LogP contribution in [0.3, 0.4) is 0 Å². The summed E-state index contributed by atoms with van der Waals surface area (Å²) in [5, 5.41) is 10.3. The third-order valence-electron chi connectivity index (χ3n) is 4.84. The molecule has 5 aromatic rings. The molecule has 3 heterocycles. The Morgan fingerprint density at radius 2 is 1.56 bits per heavy atom. The zero-order valence-electron chi connectivity index (χ0n) is 17.0. The second-order valence-corrected chi connectivity index (χ2v) is 7.01. The van der Waals surface area contributed by atoms with Gasteiger partial charge in [-0.05, 0) is 66.7 Å². The normalized spacial score (nSPS) is 10.6. The van der Waals surface area contributed by atoms with Crippen molar-refractivity contribution in [3.63, 3.8) is 0 Å². The van der Waals surface area contributed by atoms with E-state index in [0.717, 1.165) is 11.4 Å². The third-order valence-corrected chi connectivity index (χ3v) is 4.84.